The molecule has 0 saturated heterocycles. The van der Waals surface area contributed by atoms with Gasteiger partial charge in [-0.25, -0.2) is 14.8 Å². The van der Waals surface area contributed by atoms with Crippen LogP contribution in [-0.2, 0) is 9.53 Å². The number of amides is 1. The highest BCUT2D eigenvalue weighted by atomic mass is 16.5. The number of hydrogen-bond acceptors (Lipinski definition) is 6. The molecular formula is C23H28N4O3. The number of hydrogen-bond donors (Lipinski definition) is 1. The predicted molar refractivity (Wildman–Crippen MR) is 114 cm³/mol. The van der Waals surface area contributed by atoms with E-state index in [9.17, 15) is 9.59 Å². The average Bonchev–Trinajstić information content (AvgIpc) is 3.54. The standard InChI is InChI=1S/C23H28N4O3/c1-5-30-23(29)17-8-9-19-18(12-17)21(26-20-10-11-24-14(3)25-20)13(2)22(16-6-7-16)27(19)15(4)28/h8-13,16,21-22H,5-7H2,1-4H3,(H,24,25,26)/t13-,21-,22-/m1/s1. The number of aryl methyl sites for hydroxylation is 1. The summed E-state index contributed by atoms with van der Waals surface area (Å²) in [7, 11) is 0. The molecule has 2 aliphatic rings. The van der Waals surface area contributed by atoms with Gasteiger partial charge < -0.3 is 15.0 Å². The van der Waals surface area contributed by atoms with Crippen LogP contribution in [0.2, 0.25) is 0 Å². The van der Waals surface area contributed by atoms with Gasteiger partial charge in [-0.1, -0.05) is 6.92 Å². The van der Waals surface area contributed by atoms with Crippen molar-refractivity contribution in [3.05, 3.63) is 47.4 Å². The molecule has 2 aromatic rings. The zero-order valence-electron chi connectivity index (χ0n) is 17.9. The lowest BCUT2D eigenvalue weighted by Gasteiger charge is -2.46. The molecule has 1 aromatic carbocycles. The Balaban J connectivity index is 1.81. The number of esters is 1. The van der Waals surface area contributed by atoms with Crippen molar-refractivity contribution in [2.45, 2.75) is 52.6 Å². The third kappa shape index (κ3) is 3.76. The van der Waals surface area contributed by atoms with E-state index < -0.39 is 0 Å². The van der Waals surface area contributed by atoms with Gasteiger partial charge in [-0.15, -0.1) is 0 Å². The molecule has 7 heteroatoms. The van der Waals surface area contributed by atoms with Crippen molar-refractivity contribution in [3.8, 4) is 0 Å². The Bertz CT molecular complexity index is 973. The lowest BCUT2D eigenvalue weighted by molar-refractivity contribution is -0.117. The van der Waals surface area contributed by atoms with Crippen molar-refractivity contribution >= 4 is 23.4 Å². The summed E-state index contributed by atoms with van der Waals surface area (Å²) in [6.07, 6.45) is 4.00. The van der Waals surface area contributed by atoms with Crippen LogP contribution in [0.1, 0.15) is 61.4 Å². The van der Waals surface area contributed by atoms with Crippen molar-refractivity contribution in [2.75, 3.05) is 16.8 Å². The minimum absolute atomic E-state index is 0.0280. The van der Waals surface area contributed by atoms with Crippen LogP contribution in [0, 0.1) is 18.8 Å². The zero-order chi connectivity index (χ0) is 21.4. The molecule has 2 heterocycles. The van der Waals surface area contributed by atoms with E-state index in [1.165, 1.54) is 0 Å². The van der Waals surface area contributed by atoms with E-state index in [2.05, 4.69) is 22.2 Å². The third-order valence-electron chi connectivity index (χ3n) is 6.02. The maximum atomic E-state index is 12.7. The number of carbonyl (C=O) groups excluding carboxylic acids is 2. The van der Waals surface area contributed by atoms with Crippen LogP contribution in [0.4, 0.5) is 11.5 Å². The molecule has 0 radical (unpaired) electrons. The van der Waals surface area contributed by atoms with Crippen molar-refractivity contribution in [3.63, 3.8) is 0 Å². The fourth-order valence-corrected chi connectivity index (χ4v) is 4.60. The molecule has 30 heavy (non-hydrogen) atoms. The van der Waals surface area contributed by atoms with Gasteiger partial charge in [0.2, 0.25) is 5.91 Å². The van der Waals surface area contributed by atoms with Gasteiger partial charge in [-0.2, -0.15) is 0 Å². The Labute approximate surface area is 176 Å². The van der Waals surface area contributed by atoms with E-state index in [-0.39, 0.29) is 29.9 Å². The van der Waals surface area contributed by atoms with Gasteiger partial charge in [0, 0.05) is 30.8 Å². The van der Waals surface area contributed by atoms with E-state index >= 15 is 0 Å². The first kappa shape index (κ1) is 20.3. The number of aromatic nitrogens is 2. The quantitative estimate of drug-likeness (QED) is 0.756. The molecule has 1 fully saturated rings. The first-order chi connectivity index (χ1) is 14.4. The fourth-order valence-electron chi connectivity index (χ4n) is 4.60. The van der Waals surface area contributed by atoms with Gasteiger partial charge in [-0.05, 0) is 62.4 Å². The van der Waals surface area contributed by atoms with E-state index in [1.807, 2.05) is 30.0 Å². The first-order valence-corrected chi connectivity index (χ1v) is 10.6. The Kier molecular flexibility index (Phi) is 5.45. The minimum Gasteiger partial charge on any atom is -0.462 e. The molecule has 0 spiro atoms. The van der Waals surface area contributed by atoms with E-state index in [0.717, 1.165) is 29.9 Å². The summed E-state index contributed by atoms with van der Waals surface area (Å²) in [6, 6.07) is 7.35. The topological polar surface area (TPSA) is 84.4 Å². The van der Waals surface area contributed by atoms with Crippen LogP contribution in [0.25, 0.3) is 0 Å². The highest BCUT2D eigenvalue weighted by Crippen LogP contribution is 2.50. The van der Waals surface area contributed by atoms with Crippen LogP contribution >= 0.6 is 0 Å². The molecule has 4 rings (SSSR count). The number of nitrogens with zero attached hydrogens (tertiary/aromatic N) is 3. The van der Waals surface area contributed by atoms with Crippen LogP contribution in [0.3, 0.4) is 0 Å². The summed E-state index contributed by atoms with van der Waals surface area (Å²) in [5, 5.41) is 3.56. The lowest BCUT2D eigenvalue weighted by Crippen LogP contribution is -2.51. The summed E-state index contributed by atoms with van der Waals surface area (Å²) in [6.45, 7) is 7.75. The van der Waals surface area contributed by atoms with Crippen LogP contribution in [0.15, 0.2) is 30.5 Å². The van der Waals surface area contributed by atoms with E-state index in [4.69, 9.17) is 4.74 Å². The second kappa shape index (κ2) is 8.05. The number of fused-ring (bicyclic) bond motifs is 1. The third-order valence-corrected chi connectivity index (χ3v) is 6.02. The smallest absolute Gasteiger partial charge is 0.338 e. The molecule has 0 unspecified atom stereocenters. The van der Waals surface area contributed by atoms with Gasteiger partial charge >= 0.3 is 5.97 Å². The van der Waals surface area contributed by atoms with Gasteiger partial charge in [0.1, 0.15) is 11.6 Å². The molecule has 1 N–H and O–H groups in total. The minimum atomic E-state index is -0.358. The molecular weight excluding hydrogens is 380 g/mol. The van der Waals surface area contributed by atoms with Gasteiger partial charge in [0.15, 0.2) is 0 Å². The highest BCUT2D eigenvalue weighted by Gasteiger charge is 2.47. The fraction of sp³-hybridized carbons (Fsp3) is 0.478. The maximum absolute atomic E-state index is 12.7. The molecule has 1 aliphatic heterocycles. The SMILES string of the molecule is CCOC(=O)c1ccc2c(c1)[C@H](Nc1ccnc(C)n1)[C@@H](C)[C@H](C1CC1)N2C(C)=O. The number of ether oxygens (including phenoxy) is 1. The number of anilines is 2. The maximum Gasteiger partial charge on any atom is 0.338 e. The summed E-state index contributed by atoms with van der Waals surface area (Å²) in [5.41, 5.74) is 2.26. The molecule has 0 bridgehead atoms. The number of carbonyl (C=O) groups is 2. The number of nitrogens with one attached hydrogen (secondary N) is 1. The summed E-state index contributed by atoms with van der Waals surface area (Å²) < 4.78 is 5.20. The molecule has 1 aromatic heterocycles. The second-order valence-electron chi connectivity index (χ2n) is 8.18. The summed E-state index contributed by atoms with van der Waals surface area (Å²) in [4.78, 5) is 35.7. The average molecular weight is 409 g/mol. The normalized spacial score (nSPS) is 22.9. The Morgan fingerprint density at radius 1 is 1.27 bits per heavy atom. The van der Waals surface area contributed by atoms with E-state index in [1.54, 1.807) is 26.1 Å². The summed E-state index contributed by atoms with van der Waals surface area (Å²) >= 11 is 0. The zero-order valence-corrected chi connectivity index (χ0v) is 17.9. The Morgan fingerprint density at radius 3 is 2.67 bits per heavy atom. The largest absolute Gasteiger partial charge is 0.462 e. The Morgan fingerprint density at radius 2 is 2.03 bits per heavy atom. The lowest BCUT2D eigenvalue weighted by atomic mass is 9.79. The number of rotatable bonds is 5. The first-order valence-electron chi connectivity index (χ1n) is 10.6. The predicted octanol–water partition coefficient (Wildman–Crippen LogP) is 3.90. The van der Waals surface area contributed by atoms with Gasteiger partial charge in [-0.3, -0.25) is 4.79 Å². The van der Waals surface area contributed by atoms with Crippen molar-refractivity contribution in [1.29, 1.82) is 0 Å². The van der Waals surface area contributed by atoms with Crippen LogP contribution in [0.5, 0.6) is 0 Å². The van der Waals surface area contributed by atoms with Gasteiger partial charge in [0.25, 0.3) is 0 Å². The highest BCUT2D eigenvalue weighted by molar-refractivity contribution is 5.96. The second-order valence-corrected chi connectivity index (χ2v) is 8.18. The molecule has 1 aliphatic carbocycles. The number of benzene rings is 1. The molecule has 1 saturated carbocycles. The Hall–Kier alpha value is -2.96. The molecule has 7 nitrogen and oxygen atoms in total. The molecule has 1 amide bonds. The van der Waals surface area contributed by atoms with Crippen molar-refractivity contribution < 1.29 is 14.3 Å². The van der Waals surface area contributed by atoms with Crippen molar-refractivity contribution in [1.82, 2.24) is 9.97 Å². The van der Waals surface area contributed by atoms with Crippen LogP contribution in [-0.4, -0.2) is 34.5 Å². The molecule has 158 valence electrons. The molecule has 3 atom stereocenters. The van der Waals surface area contributed by atoms with Gasteiger partial charge in [0.05, 0.1) is 18.2 Å². The summed E-state index contributed by atoms with van der Waals surface area (Å²) in [5.74, 6) is 1.73. The monoisotopic (exact) mass is 408 g/mol. The van der Waals surface area contributed by atoms with E-state index in [0.29, 0.717) is 23.9 Å². The van der Waals surface area contributed by atoms with Crippen LogP contribution < -0.4 is 10.2 Å². The van der Waals surface area contributed by atoms with Crippen molar-refractivity contribution in [2.24, 2.45) is 11.8 Å².